The Morgan fingerprint density at radius 3 is 2.94 bits per heavy atom. The van der Waals surface area contributed by atoms with Gasteiger partial charge < -0.3 is 5.32 Å². The molecule has 0 spiro atoms. The fourth-order valence-corrected chi connectivity index (χ4v) is 2.82. The third-order valence-corrected chi connectivity index (χ3v) is 3.64. The molecular weight excluding hydrogens is 249 g/mol. The molecule has 2 aromatic rings. The van der Waals surface area contributed by atoms with Crippen molar-refractivity contribution in [3.63, 3.8) is 0 Å². The van der Waals surface area contributed by atoms with E-state index in [2.05, 4.69) is 21.8 Å². The maximum Gasteiger partial charge on any atom is 0.123 e. The minimum absolute atomic E-state index is 0.0396. The van der Waals surface area contributed by atoms with Gasteiger partial charge in [0.15, 0.2) is 0 Å². The van der Waals surface area contributed by atoms with Gasteiger partial charge >= 0.3 is 0 Å². The standard InChI is InChI=1S/C13H16FN3S/c1-3-5-11-13(18-17-16-11)12(15-2)9-6-4-7-10(14)8-9/h4,6-8,12,15H,3,5H2,1-2H3. The molecule has 2 rings (SSSR count). The molecule has 1 atom stereocenters. The van der Waals surface area contributed by atoms with E-state index in [1.807, 2.05) is 13.1 Å². The maximum absolute atomic E-state index is 13.3. The summed E-state index contributed by atoms with van der Waals surface area (Å²) in [5.74, 6) is -0.220. The molecular formula is C13H16FN3S. The third kappa shape index (κ3) is 2.73. The highest BCUT2D eigenvalue weighted by molar-refractivity contribution is 7.05. The second-order valence-electron chi connectivity index (χ2n) is 4.11. The van der Waals surface area contributed by atoms with E-state index in [1.165, 1.54) is 17.6 Å². The second-order valence-corrected chi connectivity index (χ2v) is 4.90. The first-order valence-corrected chi connectivity index (χ1v) is 6.77. The summed E-state index contributed by atoms with van der Waals surface area (Å²) in [5, 5.41) is 7.37. The van der Waals surface area contributed by atoms with Crippen molar-refractivity contribution in [1.82, 2.24) is 14.9 Å². The molecule has 1 N–H and O–H groups in total. The number of nitrogens with one attached hydrogen (secondary N) is 1. The molecule has 5 heteroatoms. The SMILES string of the molecule is CCCc1nnsc1C(NC)c1cccc(F)c1. The lowest BCUT2D eigenvalue weighted by molar-refractivity contribution is 0.617. The van der Waals surface area contributed by atoms with E-state index in [0.29, 0.717) is 0 Å². The highest BCUT2D eigenvalue weighted by Gasteiger charge is 2.19. The van der Waals surface area contributed by atoms with E-state index in [1.54, 1.807) is 12.1 Å². The van der Waals surface area contributed by atoms with Crippen molar-refractivity contribution in [2.45, 2.75) is 25.8 Å². The van der Waals surface area contributed by atoms with Crippen LogP contribution in [0.2, 0.25) is 0 Å². The first kappa shape index (κ1) is 13.1. The average Bonchev–Trinajstić information content (AvgIpc) is 2.79. The topological polar surface area (TPSA) is 37.8 Å². The van der Waals surface area contributed by atoms with Crippen LogP contribution in [-0.4, -0.2) is 16.6 Å². The molecule has 0 radical (unpaired) electrons. The Hall–Kier alpha value is -1.33. The maximum atomic E-state index is 13.3. The molecule has 3 nitrogen and oxygen atoms in total. The predicted molar refractivity (Wildman–Crippen MR) is 71.2 cm³/mol. The van der Waals surface area contributed by atoms with Crippen LogP contribution in [0.4, 0.5) is 4.39 Å². The number of aryl methyl sites for hydroxylation is 1. The largest absolute Gasteiger partial charge is 0.309 e. The van der Waals surface area contributed by atoms with Crippen LogP contribution in [0.1, 0.15) is 35.5 Å². The van der Waals surface area contributed by atoms with Gasteiger partial charge in [-0.25, -0.2) is 4.39 Å². The van der Waals surface area contributed by atoms with Crippen molar-refractivity contribution >= 4 is 11.5 Å². The monoisotopic (exact) mass is 265 g/mol. The smallest absolute Gasteiger partial charge is 0.123 e. The van der Waals surface area contributed by atoms with Crippen molar-refractivity contribution < 1.29 is 4.39 Å². The van der Waals surface area contributed by atoms with E-state index >= 15 is 0 Å². The first-order valence-electron chi connectivity index (χ1n) is 6.00. The molecule has 1 unspecified atom stereocenters. The summed E-state index contributed by atoms with van der Waals surface area (Å²) in [4.78, 5) is 1.07. The number of benzene rings is 1. The van der Waals surface area contributed by atoms with E-state index in [-0.39, 0.29) is 11.9 Å². The van der Waals surface area contributed by atoms with Crippen molar-refractivity contribution in [2.75, 3.05) is 7.05 Å². The van der Waals surface area contributed by atoms with Crippen LogP contribution in [0.25, 0.3) is 0 Å². The average molecular weight is 265 g/mol. The Labute approximate surface area is 110 Å². The van der Waals surface area contributed by atoms with Gasteiger partial charge in [-0.1, -0.05) is 30.0 Å². The third-order valence-electron chi connectivity index (χ3n) is 2.80. The quantitative estimate of drug-likeness (QED) is 0.903. The minimum Gasteiger partial charge on any atom is -0.309 e. The van der Waals surface area contributed by atoms with Gasteiger partial charge in [0, 0.05) is 0 Å². The van der Waals surface area contributed by atoms with Crippen LogP contribution < -0.4 is 5.32 Å². The van der Waals surface area contributed by atoms with Gasteiger partial charge in [-0.05, 0) is 42.7 Å². The van der Waals surface area contributed by atoms with E-state index in [9.17, 15) is 4.39 Å². The van der Waals surface area contributed by atoms with Crippen molar-refractivity contribution in [2.24, 2.45) is 0 Å². The van der Waals surface area contributed by atoms with Gasteiger partial charge in [-0.2, -0.15) is 0 Å². The number of rotatable bonds is 5. The minimum atomic E-state index is -0.220. The number of aromatic nitrogens is 2. The fourth-order valence-electron chi connectivity index (χ4n) is 1.98. The molecule has 0 aliphatic heterocycles. The van der Waals surface area contributed by atoms with Crippen LogP contribution in [0.5, 0.6) is 0 Å². The Balaban J connectivity index is 2.36. The Kier molecular flexibility index (Phi) is 4.38. The summed E-state index contributed by atoms with van der Waals surface area (Å²) in [6.45, 7) is 2.11. The fraction of sp³-hybridized carbons (Fsp3) is 0.385. The highest BCUT2D eigenvalue weighted by atomic mass is 32.1. The normalized spacial score (nSPS) is 12.6. The van der Waals surface area contributed by atoms with Crippen molar-refractivity contribution in [3.05, 3.63) is 46.2 Å². The summed E-state index contributed by atoms with van der Waals surface area (Å²) in [6.07, 6.45) is 1.93. The van der Waals surface area contributed by atoms with Gasteiger partial charge in [0.2, 0.25) is 0 Å². The van der Waals surface area contributed by atoms with Gasteiger partial charge in [-0.3, -0.25) is 0 Å². The number of hydrogen-bond acceptors (Lipinski definition) is 4. The zero-order valence-corrected chi connectivity index (χ0v) is 11.3. The zero-order chi connectivity index (χ0) is 13.0. The molecule has 18 heavy (non-hydrogen) atoms. The predicted octanol–water partition coefficient (Wildman–Crippen LogP) is 2.94. The summed E-state index contributed by atoms with van der Waals surface area (Å²) in [7, 11) is 1.87. The van der Waals surface area contributed by atoms with E-state index in [0.717, 1.165) is 29.0 Å². The number of nitrogens with zero attached hydrogens (tertiary/aromatic N) is 2. The Bertz CT molecular complexity index is 512. The van der Waals surface area contributed by atoms with Crippen molar-refractivity contribution in [3.8, 4) is 0 Å². The molecule has 0 bridgehead atoms. The molecule has 96 valence electrons. The molecule has 1 aromatic heterocycles. The van der Waals surface area contributed by atoms with Gasteiger partial charge in [0.05, 0.1) is 16.6 Å². The van der Waals surface area contributed by atoms with Crippen LogP contribution in [0.15, 0.2) is 24.3 Å². The van der Waals surface area contributed by atoms with Gasteiger partial charge in [0.1, 0.15) is 5.82 Å². The second kappa shape index (κ2) is 6.02. The van der Waals surface area contributed by atoms with Gasteiger partial charge in [-0.15, -0.1) is 5.10 Å². The summed E-state index contributed by atoms with van der Waals surface area (Å²) >= 11 is 1.38. The molecule has 0 fully saturated rings. The molecule has 1 aromatic carbocycles. The van der Waals surface area contributed by atoms with Gasteiger partial charge in [0.25, 0.3) is 0 Å². The van der Waals surface area contributed by atoms with Crippen LogP contribution in [0, 0.1) is 5.82 Å². The molecule has 0 aliphatic carbocycles. The lowest BCUT2D eigenvalue weighted by Gasteiger charge is -2.15. The molecule has 0 aliphatic rings. The van der Waals surface area contributed by atoms with Crippen molar-refractivity contribution in [1.29, 1.82) is 0 Å². The Morgan fingerprint density at radius 2 is 2.28 bits per heavy atom. The van der Waals surface area contributed by atoms with E-state index < -0.39 is 0 Å². The van der Waals surface area contributed by atoms with E-state index in [4.69, 9.17) is 0 Å². The molecule has 1 heterocycles. The summed E-state index contributed by atoms with van der Waals surface area (Å²) < 4.78 is 17.3. The lowest BCUT2D eigenvalue weighted by Crippen LogP contribution is -2.18. The number of halogens is 1. The zero-order valence-electron chi connectivity index (χ0n) is 10.5. The number of hydrogen-bond donors (Lipinski definition) is 1. The molecule has 0 saturated heterocycles. The van der Waals surface area contributed by atoms with Crippen LogP contribution >= 0.6 is 11.5 Å². The summed E-state index contributed by atoms with van der Waals surface area (Å²) in [6, 6.07) is 6.61. The first-order chi connectivity index (χ1) is 8.76. The Morgan fingerprint density at radius 1 is 1.44 bits per heavy atom. The van der Waals surface area contributed by atoms with Crippen LogP contribution in [0.3, 0.4) is 0 Å². The molecule has 0 saturated carbocycles. The lowest BCUT2D eigenvalue weighted by atomic mass is 10.0. The van der Waals surface area contributed by atoms with Crippen LogP contribution in [-0.2, 0) is 6.42 Å². The highest BCUT2D eigenvalue weighted by Crippen LogP contribution is 2.27. The summed E-state index contributed by atoms with van der Waals surface area (Å²) in [5.41, 5.74) is 1.91. The molecule has 0 amide bonds.